The van der Waals surface area contributed by atoms with E-state index < -0.39 is 0 Å². The Hall–Kier alpha value is -1.38. The predicted molar refractivity (Wildman–Crippen MR) is 97.3 cm³/mol. The lowest BCUT2D eigenvalue weighted by Crippen LogP contribution is -2.43. The minimum atomic E-state index is 0.0320. The summed E-state index contributed by atoms with van der Waals surface area (Å²) in [7, 11) is 2.19. The fourth-order valence-electron chi connectivity index (χ4n) is 3.39. The molecular formula is C20H30N2. The van der Waals surface area contributed by atoms with Crippen LogP contribution in [0.5, 0.6) is 0 Å². The largest absolute Gasteiger partial charge is 0.330 e. The first kappa shape index (κ1) is 17.0. The summed E-state index contributed by atoms with van der Waals surface area (Å²) in [5, 5.41) is 2.66. The van der Waals surface area contributed by atoms with Crippen molar-refractivity contribution in [3.05, 3.63) is 48.0 Å². The van der Waals surface area contributed by atoms with Crippen LogP contribution in [0.15, 0.2) is 42.5 Å². The first-order chi connectivity index (χ1) is 10.5. The third-order valence-corrected chi connectivity index (χ3v) is 5.27. The highest BCUT2D eigenvalue weighted by Gasteiger charge is 2.35. The summed E-state index contributed by atoms with van der Waals surface area (Å²) in [5.41, 5.74) is 7.78. The number of hydrogen-bond acceptors (Lipinski definition) is 2. The second-order valence-electron chi connectivity index (χ2n) is 6.69. The lowest BCUT2D eigenvalue weighted by atomic mass is 9.68. The zero-order chi connectivity index (χ0) is 16.2. The molecule has 0 heterocycles. The van der Waals surface area contributed by atoms with E-state index in [1.54, 1.807) is 0 Å². The quantitative estimate of drug-likeness (QED) is 0.836. The standard InChI is InChI=1S/C20H30N2/c1-5-22(4)14-13-20(15-21,16(2)3)19-12-8-10-17-9-6-7-11-18(17)19/h6-12,16H,5,13-15,21H2,1-4H3/t20-/m1/s1. The van der Waals surface area contributed by atoms with E-state index in [1.807, 2.05) is 0 Å². The highest BCUT2D eigenvalue weighted by Crippen LogP contribution is 2.39. The third kappa shape index (κ3) is 3.18. The summed E-state index contributed by atoms with van der Waals surface area (Å²) in [4.78, 5) is 2.37. The van der Waals surface area contributed by atoms with E-state index in [9.17, 15) is 0 Å². The Balaban J connectivity index is 2.52. The molecule has 0 aliphatic rings. The summed E-state index contributed by atoms with van der Waals surface area (Å²) in [5.74, 6) is 0.508. The maximum absolute atomic E-state index is 6.34. The molecule has 0 aromatic heterocycles. The van der Waals surface area contributed by atoms with Crippen LogP contribution < -0.4 is 5.73 Å². The minimum Gasteiger partial charge on any atom is -0.330 e. The van der Waals surface area contributed by atoms with Gasteiger partial charge in [0.05, 0.1) is 0 Å². The molecular weight excluding hydrogens is 268 g/mol. The van der Waals surface area contributed by atoms with Gasteiger partial charge in [0.15, 0.2) is 0 Å². The van der Waals surface area contributed by atoms with E-state index in [1.165, 1.54) is 16.3 Å². The Kier molecular flexibility index (Phi) is 5.60. The van der Waals surface area contributed by atoms with E-state index in [2.05, 4.69) is 75.2 Å². The molecule has 0 bridgehead atoms. The normalized spacial score (nSPS) is 14.7. The molecule has 0 radical (unpaired) electrons. The summed E-state index contributed by atoms with van der Waals surface area (Å²) in [6, 6.07) is 15.3. The number of nitrogens with two attached hydrogens (primary N) is 1. The van der Waals surface area contributed by atoms with Crippen LogP contribution in [0.1, 0.15) is 32.8 Å². The molecule has 2 heteroatoms. The van der Waals surface area contributed by atoms with Gasteiger partial charge in [0.2, 0.25) is 0 Å². The van der Waals surface area contributed by atoms with Gasteiger partial charge in [0.1, 0.15) is 0 Å². The first-order valence-electron chi connectivity index (χ1n) is 8.42. The van der Waals surface area contributed by atoms with Gasteiger partial charge in [0.25, 0.3) is 0 Å². The average Bonchev–Trinajstić information content (AvgIpc) is 2.55. The Morgan fingerprint density at radius 1 is 1.09 bits per heavy atom. The second-order valence-corrected chi connectivity index (χ2v) is 6.69. The molecule has 120 valence electrons. The topological polar surface area (TPSA) is 29.3 Å². The monoisotopic (exact) mass is 298 g/mol. The zero-order valence-corrected chi connectivity index (χ0v) is 14.5. The van der Waals surface area contributed by atoms with Gasteiger partial charge in [-0.25, -0.2) is 0 Å². The van der Waals surface area contributed by atoms with Gasteiger partial charge in [-0.15, -0.1) is 0 Å². The maximum atomic E-state index is 6.34. The summed E-state index contributed by atoms with van der Waals surface area (Å²) >= 11 is 0. The number of hydrogen-bond donors (Lipinski definition) is 1. The van der Waals surface area contributed by atoms with Crippen LogP contribution in [-0.4, -0.2) is 31.6 Å². The molecule has 0 aliphatic heterocycles. The van der Waals surface area contributed by atoms with Gasteiger partial charge in [0, 0.05) is 12.0 Å². The van der Waals surface area contributed by atoms with Crippen LogP contribution in [0.2, 0.25) is 0 Å². The lowest BCUT2D eigenvalue weighted by molar-refractivity contribution is 0.241. The van der Waals surface area contributed by atoms with Crippen molar-refractivity contribution < 1.29 is 0 Å². The Morgan fingerprint density at radius 2 is 1.77 bits per heavy atom. The number of fused-ring (bicyclic) bond motifs is 1. The van der Waals surface area contributed by atoms with Crippen LogP contribution in [0, 0.1) is 5.92 Å². The molecule has 1 atom stereocenters. The Morgan fingerprint density at radius 3 is 2.41 bits per heavy atom. The molecule has 22 heavy (non-hydrogen) atoms. The number of rotatable bonds is 7. The van der Waals surface area contributed by atoms with E-state index >= 15 is 0 Å². The van der Waals surface area contributed by atoms with Crippen LogP contribution in [0.4, 0.5) is 0 Å². The van der Waals surface area contributed by atoms with Crippen molar-refractivity contribution in [3.63, 3.8) is 0 Å². The smallest absolute Gasteiger partial charge is 0.0117 e. The highest BCUT2D eigenvalue weighted by atomic mass is 15.1. The van der Waals surface area contributed by atoms with Crippen molar-refractivity contribution in [1.29, 1.82) is 0 Å². The first-order valence-corrected chi connectivity index (χ1v) is 8.42. The fourth-order valence-corrected chi connectivity index (χ4v) is 3.39. The van der Waals surface area contributed by atoms with E-state index in [4.69, 9.17) is 5.73 Å². The highest BCUT2D eigenvalue weighted by molar-refractivity contribution is 5.86. The van der Waals surface area contributed by atoms with Crippen LogP contribution in [0.25, 0.3) is 10.8 Å². The summed E-state index contributed by atoms with van der Waals surface area (Å²) in [6.45, 7) is 9.66. The fraction of sp³-hybridized carbons (Fsp3) is 0.500. The van der Waals surface area contributed by atoms with Gasteiger partial charge >= 0.3 is 0 Å². The van der Waals surface area contributed by atoms with Gasteiger partial charge in [-0.1, -0.05) is 63.2 Å². The molecule has 0 fully saturated rings. The molecule has 2 aromatic carbocycles. The van der Waals surface area contributed by atoms with E-state index in [0.29, 0.717) is 12.5 Å². The van der Waals surface area contributed by atoms with Crippen LogP contribution in [0.3, 0.4) is 0 Å². The molecule has 2 aromatic rings. The van der Waals surface area contributed by atoms with Gasteiger partial charge < -0.3 is 10.6 Å². The molecule has 0 amide bonds. The molecule has 2 N–H and O–H groups in total. The zero-order valence-electron chi connectivity index (χ0n) is 14.5. The maximum Gasteiger partial charge on any atom is 0.0117 e. The predicted octanol–water partition coefficient (Wildman–Crippen LogP) is 4.03. The van der Waals surface area contributed by atoms with Crippen molar-refractivity contribution in [2.45, 2.75) is 32.6 Å². The summed E-state index contributed by atoms with van der Waals surface area (Å²) < 4.78 is 0. The molecule has 2 nitrogen and oxygen atoms in total. The molecule has 0 unspecified atom stereocenters. The molecule has 2 rings (SSSR count). The van der Waals surface area contributed by atoms with Gasteiger partial charge in [-0.2, -0.15) is 0 Å². The van der Waals surface area contributed by atoms with Crippen LogP contribution >= 0.6 is 0 Å². The lowest BCUT2D eigenvalue weighted by Gasteiger charge is -2.39. The van der Waals surface area contributed by atoms with Gasteiger partial charge in [-0.05, 0) is 48.8 Å². The van der Waals surface area contributed by atoms with Crippen molar-refractivity contribution in [2.24, 2.45) is 11.7 Å². The Bertz CT molecular complexity index is 600. The van der Waals surface area contributed by atoms with Crippen molar-refractivity contribution in [2.75, 3.05) is 26.7 Å². The van der Waals surface area contributed by atoms with Gasteiger partial charge in [-0.3, -0.25) is 0 Å². The SMILES string of the molecule is CCN(C)CC[C@](CN)(c1cccc2ccccc12)C(C)C. The second kappa shape index (κ2) is 7.26. The van der Waals surface area contributed by atoms with Crippen molar-refractivity contribution in [3.8, 4) is 0 Å². The summed E-state index contributed by atoms with van der Waals surface area (Å²) in [6.07, 6.45) is 1.10. The molecule has 0 spiro atoms. The molecule has 0 aliphatic carbocycles. The van der Waals surface area contributed by atoms with E-state index in [0.717, 1.165) is 19.5 Å². The third-order valence-electron chi connectivity index (χ3n) is 5.27. The minimum absolute atomic E-state index is 0.0320. The molecule has 0 saturated heterocycles. The molecule has 0 saturated carbocycles. The number of nitrogens with zero attached hydrogens (tertiary/aromatic N) is 1. The van der Waals surface area contributed by atoms with Crippen molar-refractivity contribution >= 4 is 10.8 Å². The number of benzene rings is 2. The Labute approximate surface area is 135 Å². The van der Waals surface area contributed by atoms with Crippen molar-refractivity contribution in [1.82, 2.24) is 4.90 Å². The van der Waals surface area contributed by atoms with E-state index in [-0.39, 0.29) is 5.41 Å². The average molecular weight is 298 g/mol. The van der Waals surface area contributed by atoms with Crippen LogP contribution in [-0.2, 0) is 5.41 Å².